The molecular formula is C24H33NO3S. The fraction of sp³-hybridized carbons (Fsp3) is 0.667. The van der Waals surface area contributed by atoms with Crippen LogP contribution >= 0.6 is 0 Å². The number of rotatable bonds is 3. The van der Waals surface area contributed by atoms with Gasteiger partial charge in [-0.2, -0.15) is 0 Å². The molecule has 1 saturated heterocycles. The van der Waals surface area contributed by atoms with Crippen molar-refractivity contribution < 1.29 is 13.5 Å². The summed E-state index contributed by atoms with van der Waals surface area (Å²) in [5.74, 6) is 0.685. The molecule has 1 aromatic rings. The summed E-state index contributed by atoms with van der Waals surface area (Å²) in [4.78, 5) is 0. The maximum absolute atomic E-state index is 13.5. The van der Waals surface area contributed by atoms with Crippen molar-refractivity contribution in [2.75, 3.05) is 18.8 Å². The highest BCUT2D eigenvalue weighted by Crippen LogP contribution is 2.68. The van der Waals surface area contributed by atoms with Crippen molar-refractivity contribution in [2.24, 2.45) is 22.7 Å². The molecule has 1 aromatic carbocycles. The fourth-order valence-corrected chi connectivity index (χ4v) is 9.69. The number of aliphatic hydroxyl groups excluding tert-OH is 1. The summed E-state index contributed by atoms with van der Waals surface area (Å²) < 4.78 is 28.7. The van der Waals surface area contributed by atoms with Gasteiger partial charge in [0.05, 0.1) is 11.9 Å². The van der Waals surface area contributed by atoms with E-state index < -0.39 is 21.5 Å². The zero-order chi connectivity index (χ0) is 20.7. The Balaban J connectivity index is 1.36. The van der Waals surface area contributed by atoms with Crippen LogP contribution in [0.1, 0.15) is 57.6 Å². The van der Waals surface area contributed by atoms with E-state index in [9.17, 15) is 13.5 Å². The standard InChI is InChI=1S/C24H33NO3S/c1-17-19-9-11-24(21(17)26,22(19,2)3)16-29(27,28)25-14-12-23(13-15-25)10-8-18-6-4-5-7-20(18)23/h4-8,10,17,19,21,26H,9,11-16H2,1-3H3/t17-,19?,21+,24+/m0/s1. The average Bonchev–Trinajstić information content (AvgIpc) is 3.20. The summed E-state index contributed by atoms with van der Waals surface area (Å²) >= 11 is 0. The number of allylic oxidation sites excluding steroid dienone is 1. The second kappa shape index (κ2) is 6.18. The molecule has 0 aromatic heterocycles. The maximum atomic E-state index is 13.5. The molecule has 0 amide bonds. The van der Waals surface area contributed by atoms with Gasteiger partial charge >= 0.3 is 0 Å². The SMILES string of the molecule is C[C@H]1C2CC[C@@](CS(=O)(=O)N3CCC4(C=Cc5ccccc54)CC3)([C@@H]1O)C2(C)C. The molecule has 3 fully saturated rings. The predicted octanol–water partition coefficient (Wildman–Crippen LogP) is 3.81. The lowest BCUT2D eigenvalue weighted by Gasteiger charge is -2.43. The molecule has 2 saturated carbocycles. The Hall–Kier alpha value is -1.17. The summed E-state index contributed by atoms with van der Waals surface area (Å²) in [6.07, 6.45) is 7.47. The van der Waals surface area contributed by atoms with Crippen molar-refractivity contribution >= 4 is 16.1 Å². The van der Waals surface area contributed by atoms with Crippen LogP contribution in [0.25, 0.3) is 6.08 Å². The van der Waals surface area contributed by atoms with E-state index in [1.807, 2.05) is 0 Å². The van der Waals surface area contributed by atoms with Crippen molar-refractivity contribution in [3.8, 4) is 0 Å². The number of hydrogen-bond acceptors (Lipinski definition) is 3. The highest BCUT2D eigenvalue weighted by Gasteiger charge is 2.68. The van der Waals surface area contributed by atoms with E-state index in [1.54, 1.807) is 4.31 Å². The molecule has 3 aliphatic carbocycles. The highest BCUT2D eigenvalue weighted by molar-refractivity contribution is 7.89. The molecule has 1 aliphatic heterocycles. The smallest absolute Gasteiger partial charge is 0.214 e. The third-order valence-corrected chi connectivity index (χ3v) is 11.4. The van der Waals surface area contributed by atoms with Gasteiger partial charge in [-0.3, -0.25) is 0 Å². The number of aliphatic hydroxyl groups is 1. The Morgan fingerprint density at radius 1 is 1.14 bits per heavy atom. The van der Waals surface area contributed by atoms with Crippen LogP contribution in [0.3, 0.4) is 0 Å². The Bertz CT molecular complexity index is 958. The molecule has 5 rings (SSSR count). The molecule has 5 heteroatoms. The van der Waals surface area contributed by atoms with Crippen LogP contribution in [0.15, 0.2) is 30.3 Å². The van der Waals surface area contributed by atoms with E-state index in [4.69, 9.17) is 0 Å². The van der Waals surface area contributed by atoms with Crippen LogP contribution in [0.4, 0.5) is 0 Å². The first-order chi connectivity index (χ1) is 13.6. The molecule has 1 heterocycles. The van der Waals surface area contributed by atoms with Gasteiger partial charge in [-0.1, -0.05) is 57.2 Å². The van der Waals surface area contributed by atoms with Crippen LogP contribution in [-0.2, 0) is 15.4 Å². The van der Waals surface area contributed by atoms with Gasteiger partial charge in [0.1, 0.15) is 0 Å². The molecule has 1 spiro atoms. The number of benzene rings is 1. The minimum absolute atomic E-state index is 0.0139. The molecule has 4 aliphatic rings. The van der Waals surface area contributed by atoms with Gasteiger partial charge in [0.15, 0.2) is 0 Å². The van der Waals surface area contributed by atoms with Crippen molar-refractivity contribution in [3.63, 3.8) is 0 Å². The second-order valence-corrected chi connectivity index (χ2v) is 12.5. The third-order valence-electron chi connectivity index (χ3n) is 9.34. The average molecular weight is 416 g/mol. The Morgan fingerprint density at radius 2 is 1.83 bits per heavy atom. The largest absolute Gasteiger partial charge is 0.392 e. The minimum atomic E-state index is -3.41. The molecule has 2 bridgehead atoms. The summed E-state index contributed by atoms with van der Waals surface area (Å²) in [6, 6.07) is 8.47. The van der Waals surface area contributed by atoms with Gasteiger partial charge in [0, 0.05) is 23.9 Å². The lowest BCUT2D eigenvalue weighted by molar-refractivity contribution is -0.00463. The number of hydrogen-bond donors (Lipinski definition) is 1. The Morgan fingerprint density at radius 3 is 2.48 bits per heavy atom. The Kier molecular flexibility index (Phi) is 4.21. The topological polar surface area (TPSA) is 57.6 Å². The number of piperidine rings is 1. The number of sulfonamides is 1. The highest BCUT2D eigenvalue weighted by atomic mass is 32.2. The Labute approximate surface area is 175 Å². The summed E-state index contributed by atoms with van der Waals surface area (Å²) in [5.41, 5.74) is 1.95. The van der Waals surface area contributed by atoms with Crippen molar-refractivity contribution in [2.45, 2.75) is 58.0 Å². The maximum Gasteiger partial charge on any atom is 0.214 e. The lowest BCUT2D eigenvalue weighted by Crippen LogP contribution is -2.51. The van der Waals surface area contributed by atoms with E-state index in [-0.39, 0.29) is 22.5 Å². The summed E-state index contributed by atoms with van der Waals surface area (Å²) in [5, 5.41) is 11.0. The molecular weight excluding hydrogens is 382 g/mol. The summed E-state index contributed by atoms with van der Waals surface area (Å²) in [6.45, 7) is 7.58. The second-order valence-electron chi connectivity index (χ2n) is 10.6. The monoisotopic (exact) mass is 415 g/mol. The first kappa shape index (κ1) is 19.8. The van der Waals surface area contributed by atoms with Gasteiger partial charge in [-0.15, -0.1) is 0 Å². The van der Waals surface area contributed by atoms with E-state index in [0.29, 0.717) is 19.0 Å². The van der Waals surface area contributed by atoms with Crippen LogP contribution in [0.5, 0.6) is 0 Å². The number of fused-ring (bicyclic) bond motifs is 4. The molecule has 4 nitrogen and oxygen atoms in total. The minimum Gasteiger partial charge on any atom is -0.392 e. The van der Waals surface area contributed by atoms with Gasteiger partial charge < -0.3 is 5.11 Å². The van der Waals surface area contributed by atoms with Crippen LogP contribution < -0.4 is 0 Å². The quantitative estimate of drug-likeness (QED) is 0.817. The van der Waals surface area contributed by atoms with E-state index in [0.717, 1.165) is 25.7 Å². The summed E-state index contributed by atoms with van der Waals surface area (Å²) in [7, 11) is -3.41. The molecule has 4 atom stereocenters. The van der Waals surface area contributed by atoms with Crippen LogP contribution in [0, 0.1) is 22.7 Å². The van der Waals surface area contributed by atoms with Gasteiger partial charge in [0.25, 0.3) is 0 Å². The van der Waals surface area contributed by atoms with Crippen molar-refractivity contribution in [1.82, 2.24) is 4.31 Å². The van der Waals surface area contributed by atoms with Gasteiger partial charge in [-0.05, 0) is 54.1 Å². The molecule has 158 valence electrons. The fourth-order valence-electron chi connectivity index (χ4n) is 7.43. The zero-order valence-electron chi connectivity index (χ0n) is 17.8. The van der Waals surface area contributed by atoms with Crippen molar-refractivity contribution in [1.29, 1.82) is 0 Å². The first-order valence-corrected chi connectivity index (χ1v) is 12.7. The number of nitrogens with zero attached hydrogens (tertiary/aromatic N) is 1. The van der Waals surface area contributed by atoms with Crippen LogP contribution in [0.2, 0.25) is 0 Å². The molecule has 0 radical (unpaired) electrons. The third kappa shape index (κ3) is 2.53. The van der Waals surface area contributed by atoms with Gasteiger partial charge in [0.2, 0.25) is 10.0 Å². The normalized spacial score (nSPS) is 37.3. The molecule has 29 heavy (non-hydrogen) atoms. The lowest BCUT2D eigenvalue weighted by atomic mass is 9.70. The van der Waals surface area contributed by atoms with Crippen LogP contribution in [-0.4, -0.2) is 42.8 Å². The predicted molar refractivity (Wildman–Crippen MR) is 116 cm³/mol. The molecule has 1 N–H and O–H groups in total. The zero-order valence-corrected chi connectivity index (χ0v) is 18.6. The van der Waals surface area contributed by atoms with Gasteiger partial charge in [-0.25, -0.2) is 12.7 Å². The first-order valence-electron chi connectivity index (χ1n) is 11.1. The molecule has 1 unspecified atom stereocenters. The van der Waals surface area contributed by atoms with E-state index >= 15 is 0 Å². The van der Waals surface area contributed by atoms with E-state index in [1.165, 1.54) is 11.1 Å². The van der Waals surface area contributed by atoms with E-state index in [2.05, 4.69) is 57.2 Å². The van der Waals surface area contributed by atoms with Crippen molar-refractivity contribution in [3.05, 3.63) is 41.5 Å².